The highest BCUT2D eigenvalue weighted by atomic mass is 16.7. The maximum atomic E-state index is 9.98. The molecule has 0 fully saturated rings. The topological polar surface area (TPSA) is 38.7 Å². The lowest BCUT2D eigenvalue weighted by Crippen LogP contribution is -2.38. The first kappa shape index (κ1) is 11.4. The van der Waals surface area contributed by atoms with Gasteiger partial charge in [0.05, 0.1) is 0 Å². The van der Waals surface area contributed by atoms with Crippen LogP contribution < -0.4 is 0 Å². The Morgan fingerprint density at radius 2 is 1.58 bits per heavy atom. The summed E-state index contributed by atoms with van der Waals surface area (Å²) in [6.45, 7) is 12.2. The van der Waals surface area contributed by atoms with E-state index in [1.54, 1.807) is 0 Å². The van der Waals surface area contributed by atoms with E-state index >= 15 is 0 Å². The van der Waals surface area contributed by atoms with Gasteiger partial charge in [0.15, 0.2) is 5.34 Å². The van der Waals surface area contributed by atoms with Crippen molar-refractivity contribution in [2.45, 2.75) is 47.1 Å². The summed E-state index contributed by atoms with van der Waals surface area (Å²) in [6, 6.07) is 0. The zero-order chi connectivity index (χ0) is 9.99. The quantitative estimate of drug-likeness (QED) is 0.485. The van der Waals surface area contributed by atoms with Crippen LogP contribution in [-0.2, 0) is 4.84 Å². The van der Waals surface area contributed by atoms with Crippen LogP contribution in [0.15, 0.2) is 5.34 Å². The SMILES string of the molecule is CC(C(C)(C)C)C(C)(C)ON=O. The Bertz CT molecular complexity index is 158. The maximum absolute atomic E-state index is 9.98. The largest absolute Gasteiger partial charge is 0.358 e. The Hall–Kier alpha value is -0.600. The van der Waals surface area contributed by atoms with Crippen molar-refractivity contribution >= 4 is 0 Å². The van der Waals surface area contributed by atoms with Gasteiger partial charge in [-0.2, -0.15) is 0 Å². The molecular formula is C9H19NO2. The summed E-state index contributed by atoms with van der Waals surface area (Å²) >= 11 is 0. The van der Waals surface area contributed by atoms with E-state index in [0.717, 1.165) is 0 Å². The minimum atomic E-state index is -0.486. The molecule has 0 aliphatic heterocycles. The van der Waals surface area contributed by atoms with Gasteiger partial charge in [-0.1, -0.05) is 27.7 Å². The Kier molecular flexibility index (Phi) is 3.25. The summed E-state index contributed by atoms with van der Waals surface area (Å²) in [7, 11) is 0. The van der Waals surface area contributed by atoms with Crippen LogP contribution in [0.4, 0.5) is 0 Å². The van der Waals surface area contributed by atoms with E-state index in [4.69, 9.17) is 4.84 Å². The molecule has 0 aromatic heterocycles. The highest BCUT2D eigenvalue weighted by molar-refractivity contribution is 4.84. The van der Waals surface area contributed by atoms with Crippen molar-refractivity contribution in [2.24, 2.45) is 16.7 Å². The highest BCUT2D eigenvalue weighted by Crippen LogP contribution is 2.36. The minimum Gasteiger partial charge on any atom is -0.358 e. The van der Waals surface area contributed by atoms with Gasteiger partial charge in [-0.3, -0.25) is 0 Å². The van der Waals surface area contributed by atoms with Gasteiger partial charge in [-0.15, -0.1) is 4.91 Å². The van der Waals surface area contributed by atoms with Gasteiger partial charge in [0, 0.05) is 5.92 Å². The Balaban J connectivity index is 4.44. The van der Waals surface area contributed by atoms with Crippen molar-refractivity contribution in [3.8, 4) is 0 Å². The van der Waals surface area contributed by atoms with Crippen LogP contribution in [0.3, 0.4) is 0 Å². The number of nitrogens with zero attached hydrogens (tertiary/aromatic N) is 1. The molecule has 72 valence electrons. The van der Waals surface area contributed by atoms with Gasteiger partial charge < -0.3 is 4.84 Å². The van der Waals surface area contributed by atoms with Gasteiger partial charge in [0.2, 0.25) is 0 Å². The van der Waals surface area contributed by atoms with Gasteiger partial charge in [0.25, 0.3) is 0 Å². The molecule has 0 bridgehead atoms. The molecule has 12 heavy (non-hydrogen) atoms. The van der Waals surface area contributed by atoms with Crippen LogP contribution in [-0.4, -0.2) is 5.60 Å². The molecule has 0 aliphatic rings. The van der Waals surface area contributed by atoms with Crippen molar-refractivity contribution in [1.82, 2.24) is 0 Å². The van der Waals surface area contributed by atoms with E-state index < -0.39 is 5.60 Å². The van der Waals surface area contributed by atoms with E-state index in [0.29, 0.717) is 0 Å². The first-order valence-corrected chi connectivity index (χ1v) is 4.22. The molecule has 0 rings (SSSR count). The Labute approximate surface area is 74.4 Å². The van der Waals surface area contributed by atoms with Crippen LogP contribution in [0.2, 0.25) is 0 Å². The molecule has 1 atom stereocenters. The molecule has 0 aromatic rings. The number of hydrogen-bond donors (Lipinski definition) is 0. The maximum Gasteiger partial charge on any atom is 0.155 e. The van der Waals surface area contributed by atoms with E-state index in [-0.39, 0.29) is 11.3 Å². The fourth-order valence-corrected chi connectivity index (χ4v) is 1.22. The monoisotopic (exact) mass is 173 g/mol. The summed E-state index contributed by atoms with van der Waals surface area (Å²) in [4.78, 5) is 14.8. The van der Waals surface area contributed by atoms with Gasteiger partial charge in [-0.25, -0.2) is 0 Å². The second-order valence-electron chi connectivity index (χ2n) is 4.86. The van der Waals surface area contributed by atoms with Crippen molar-refractivity contribution in [2.75, 3.05) is 0 Å². The van der Waals surface area contributed by atoms with Crippen LogP contribution in [0.25, 0.3) is 0 Å². The average molecular weight is 173 g/mol. The molecule has 1 unspecified atom stereocenters. The minimum absolute atomic E-state index is 0.119. The standard InChI is InChI=1S/C9H19NO2/c1-7(8(2,3)4)9(5,6)12-10-11/h7H,1-6H3. The molecule has 0 saturated heterocycles. The fourth-order valence-electron chi connectivity index (χ4n) is 1.22. The Morgan fingerprint density at radius 1 is 1.17 bits per heavy atom. The molecule has 0 aliphatic carbocycles. The third-order valence-electron chi connectivity index (χ3n) is 2.61. The molecule has 3 heteroatoms. The predicted octanol–water partition coefficient (Wildman–Crippen LogP) is 3.15. The molecule has 0 heterocycles. The van der Waals surface area contributed by atoms with Crippen molar-refractivity contribution in [3.05, 3.63) is 4.91 Å². The smallest absolute Gasteiger partial charge is 0.155 e. The number of hydrogen-bond acceptors (Lipinski definition) is 3. The average Bonchev–Trinajstić information content (AvgIpc) is 1.84. The molecule has 0 saturated carbocycles. The normalized spacial score (nSPS) is 15.5. The summed E-state index contributed by atoms with van der Waals surface area (Å²) < 4.78 is 0. The van der Waals surface area contributed by atoms with Crippen LogP contribution >= 0.6 is 0 Å². The highest BCUT2D eigenvalue weighted by Gasteiger charge is 2.37. The second-order valence-corrected chi connectivity index (χ2v) is 4.86. The lowest BCUT2D eigenvalue weighted by atomic mass is 9.73. The number of rotatable bonds is 3. The van der Waals surface area contributed by atoms with Crippen molar-refractivity contribution in [1.29, 1.82) is 0 Å². The zero-order valence-electron chi connectivity index (χ0n) is 8.84. The molecule has 0 radical (unpaired) electrons. The van der Waals surface area contributed by atoms with Gasteiger partial charge in [-0.05, 0) is 19.3 Å². The Morgan fingerprint density at radius 3 is 1.83 bits per heavy atom. The summed E-state index contributed by atoms with van der Waals surface area (Å²) in [5.74, 6) is 0.266. The van der Waals surface area contributed by atoms with Crippen molar-refractivity contribution < 1.29 is 4.84 Å². The van der Waals surface area contributed by atoms with Crippen LogP contribution in [0, 0.1) is 16.2 Å². The molecule has 0 aromatic carbocycles. The summed E-state index contributed by atoms with van der Waals surface area (Å²) in [6.07, 6.45) is 0. The summed E-state index contributed by atoms with van der Waals surface area (Å²) in [5.41, 5.74) is -0.367. The van der Waals surface area contributed by atoms with E-state index in [1.165, 1.54) is 0 Å². The lowest BCUT2D eigenvalue weighted by Gasteiger charge is -2.37. The van der Waals surface area contributed by atoms with Gasteiger partial charge in [0.1, 0.15) is 5.60 Å². The lowest BCUT2D eigenvalue weighted by molar-refractivity contribution is -0.0861. The second kappa shape index (κ2) is 3.42. The van der Waals surface area contributed by atoms with Crippen LogP contribution in [0.5, 0.6) is 0 Å². The van der Waals surface area contributed by atoms with E-state index in [9.17, 15) is 4.91 Å². The van der Waals surface area contributed by atoms with E-state index in [1.807, 2.05) is 13.8 Å². The first-order chi connectivity index (χ1) is 5.22. The molecule has 0 spiro atoms. The third-order valence-corrected chi connectivity index (χ3v) is 2.61. The molecule has 0 N–H and O–H groups in total. The first-order valence-electron chi connectivity index (χ1n) is 4.22. The molecule has 3 nitrogen and oxygen atoms in total. The van der Waals surface area contributed by atoms with E-state index in [2.05, 4.69) is 33.0 Å². The predicted molar refractivity (Wildman–Crippen MR) is 49.6 cm³/mol. The fraction of sp³-hybridized carbons (Fsp3) is 1.00. The zero-order valence-corrected chi connectivity index (χ0v) is 8.84. The molecular weight excluding hydrogens is 154 g/mol. The van der Waals surface area contributed by atoms with Crippen LogP contribution in [0.1, 0.15) is 41.5 Å². The summed E-state index contributed by atoms with van der Waals surface area (Å²) in [5, 5.41) is 2.49. The van der Waals surface area contributed by atoms with Crippen molar-refractivity contribution in [3.63, 3.8) is 0 Å². The third kappa shape index (κ3) is 2.80. The van der Waals surface area contributed by atoms with Gasteiger partial charge >= 0.3 is 0 Å². The molecule has 0 amide bonds.